The van der Waals surface area contributed by atoms with E-state index in [1.54, 1.807) is 6.07 Å². The number of phenols is 1. The summed E-state index contributed by atoms with van der Waals surface area (Å²) in [6.07, 6.45) is 9.23. The van der Waals surface area contributed by atoms with Crippen molar-refractivity contribution < 1.29 is 19.4 Å². The number of rotatable bonds is 3. The van der Waals surface area contributed by atoms with E-state index in [0.717, 1.165) is 5.56 Å². The Morgan fingerprint density at radius 1 is 1.42 bits per heavy atom. The van der Waals surface area contributed by atoms with Gasteiger partial charge in [-0.15, -0.1) is 12.8 Å². The molecule has 0 saturated heterocycles. The highest BCUT2D eigenvalue weighted by Gasteiger charge is 2.42. The van der Waals surface area contributed by atoms with Crippen LogP contribution in [-0.2, 0) is 11.2 Å². The Kier molecular flexibility index (Phi) is 7.28. The zero-order chi connectivity index (χ0) is 15.0. The maximum absolute atomic E-state index is 12.9. The standard InChI is InChI=1S/C11H11FO3.C2H6.C2H2/c12-9-4-6(1-2-10(9)13)3-7-5-8(7)11(14)15;2*1-2/h1-2,4,7-8,13H,3,5H2,(H,14,15);1-2H3;1-2H. The quantitative estimate of drug-likeness (QED) is 0.827. The Morgan fingerprint density at radius 2 is 2.00 bits per heavy atom. The molecule has 0 radical (unpaired) electrons. The van der Waals surface area contributed by atoms with Crippen LogP contribution < -0.4 is 0 Å². The fraction of sp³-hybridized carbons (Fsp3) is 0.400. The van der Waals surface area contributed by atoms with Crippen LogP contribution in [0.15, 0.2) is 18.2 Å². The number of benzene rings is 1. The summed E-state index contributed by atoms with van der Waals surface area (Å²) in [6, 6.07) is 4.17. The van der Waals surface area contributed by atoms with Gasteiger partial charge in [-0.05, 0) is 36.5 Å². The third-order valence-electron chi connectivity index (χ3n) is 2.75. The SMILES string of the molecule is C#C.CC.O=C(O)C1CC1Cc1ccc(O)c(F)c1. The Bertz CT molecular complexity index is 440. The van der Waals surface area contributed by atoms with E-state index in [1.807, 2.05) is 13.8 Å². The molecule has 1 aromatic carbocycles. The van der Waals surface area contributed by atoms with Gasteiger partial charge < -0.3 is 10.2 Å². The molecule has 19 heavy (non-hydrogen) atoms. The van der Waals surface area contributed by atoms with Crippen LogP contribution in [-0.4, -0.2) is 16.2 Å². The van der Waals surface area contributed by atoms with Crippen molar-refractivity contribution in [2.24, 2.45) is 11.8 Å². The van der Waals surface area contributed by atoms with E-state index in [-0.39, 0.29) is 17.6 Å². The second-order valence-electron chi connectivity index (χ2n) is 3.93. The lowest BCUT2D eigenvalue weighted by Gasteiger charge is -2.01. The first-order valence-electron chi connectivity index (χ1n) is 6.11. The second kappa shape index (κ2) is 8.15. The zero-order valence-electron chi connectivity index (χ0n) is 11.1. The summed E-state index contributed by atoms with van der Waals surface area (Å²) in [5.41, 5.74) is 0.735. The van der Waals surface area contributed by atoms with Crippen LogP contribution in [0.1, 0.15) is 25.8 Å². The van der Waals surface area contributed by atoms with E-state index in [1.165, 1.54) is 12.1 Å². The van der Waals surface area contributed by atoms with Crippen LogP contribution in [0.2, 0.25) is 0 Å². The largest absolute Gasteiger partial charge is 0.505 e. The number of terminal acetylenes is 1. The smallest absolute Gasteiger partial charge is 0.306 e. The number of aromatic hydroxyl groups is 1. The lowest BCUT2D eigenvalue weighted by atomic mass is 10.1. The molecule has 0 amide bonds. The minimum atomic E-state index is -0.778. The van der Waals surface area contributed by atoms with E-state index in [4.69, 9.17) is 10.2 Å². The highest BCUT2D eigenvalue weighted by molar-refractivity contribution is 5.73. The summed E-state index contributed by atoms with van der Waals surface area (Å²) in [7, 11) is 0. The summed E-state index contributed by atoms with van der Waals surface area (Å²) < 4.78 is 12.9. The monoisotopic (exact) mass is 266 g/mol. The first-order valence-corrected chi connectivity index (χ1v) is 6.11. The molecule has 0 aliphatic heterocycles. The molecule has 2 N–H and O–H groups in total. The Balaban J connectivity index is 0.000000741. The molecule has 1 saturated carbocycles. The Labute approximate surface area is 113 Å². The molecule has 1 aromatic rings. The number of hydrogen-bond acceptors (Lipinski definition) is 2. The number of hydrogen-bond donors (Lipinski definition) is 2. The van der Waals surface area contributed by atoms with E-state index < -0.39 is 11.8 Å². The molecule has 2 unspecified atom stereocenters. The molecule has 2 rings (SSSR count). The predicted molar refractivity (Wildman–Crippen MR) is 72.2 cm³/mol. The first kappa shape index (κ1) is 17.0. The van der Waals surface area contributed by atoms with Gasteiger partial charge in [0.25, 0.3) is 0 Å². The van der Waals surface area contributed by atoms with Crippen LogP contribution in [0.5, 0.6) is 5.75 Å². The number of carboxylic acid groups (broad SMARTS) is 1. The van der Waals surface area contributed by atoms with Crippen molar-refractivity contribution in [2.75, 3.05) is 0 Å². The molecule has 0 heterocycles. The van der Waals surface area contributed by atoms with Crippen molar-refractivity contribution in [3.05, 3.63) is 29.6 Å². The van der Waals surface area contributed by atoms with E-state index in [2.05, 4.69) is 12.8 Å². The number of halogens is 1. The summed E-state index contributed by atoms with van der Waals surface area (Å²) in [4.78, 5) is 10.6. The van der Waals surface area contributed by atoms with Crippen molar-refractivity contribution in [1.82, 2.24) is 0 Å². The maximum Gasteiger partial charge on any atom is 0.306 e. The molecule has 104 valence electrons. The number of carboxylic acids is 1. The zero-order valence-corrected chi connectivity index (χ0v) is 11.1. The third kappa shape index (κ3) is 5.01. The minimum Gasteiger partial charge on any atom is -0.505 e. The number of aliphatic carboxylic acids is 1. The topological polar surface area (TPSA) is 57.5 Å². The minimum absolute atomic E-state index is 0.117. The number of phenolic OH excluding ortho intramolecular Hbond substituents is 1. The van der Waals surface area contributed by atoms with Gasteiger partial charge in [-0.2, -0.15) is 0 Å². The predicted octanol–water partition coefficient (Wildman–Crippen LogP) is 3.07. The van der Waals surface area contributed by atoms with Crippen molar-refractivity contribution in [3.8, 4) is 18.6 Å². The van der Waals surface area contributed by atoms with Crippen LogP contribution in [0, 0.1) is 30.5 Å². The Hall–Kier alpha value is -2.02. The van der Waals surface area contributed by atoms with E-state index in [9.17, 15) is 9.18 Å². The van der Waals surface area contributed by atoms with Crippen LogP contribution in [0.4, 0.5) is 4.39 Å². The molecule has 1 aliphatic carbocycles. The fourth-order valence-corrected chi connectivity index (χ4v) is 1.76. The van der Waals surface area contributed by atoms with Crippen LogP contribution in [0.3, 0.4) is 0 Å². The molecule has 0 spiro atoms. The summed E-state index contributed by atoms with van der Waals surface area (Å²) in [5.74, 6) is -1.96. The third-order valence-corrected chi connectivity index (χ3v) is 2.75. The molecule has 3 nitrogen and oxygen atoms in total. The first-order chi connectivity index (χ1) is 9.08. The van der Waals surface area contributed by atoms with Crippen molar-refractivity contribution in [2.45, 2.75) is 26.7 Å². The Morgan fingerprint density at radius 3 is 2.42 bits per heavy atom. The van der Waals surface area contributed by atoms with Crippen molar-refractivity contribution in [1.29, 1.82) is 0 Å². The molecule has 1 fully saturated rings. The lowest BCUT2D eigenvalue weighted by molar-refractivity contribution is -0.138. The van der Waals surface area contributed by atoms with E-state index in [0.29, 0.717) is 12.8 Å². The molecule has 0 bridgehead atoms. The average Bonchev–Trinajstić information content (AvgIpc) is 3.18. The van der Waals surface area contributed by atoms with Crippen LogP contribution >= 0.6 is 0 Å². The maximum atomic E-state index is 12.9. The molecule has 0 aromatic heterocycles. The van der Waals surface area contributed by atoms with E-state index >= 15 is 0 Å². The fourth-order valence-electron chi connectivity index (χ4n) is 1.76. The van der Waals surface area contributed by atoms with Crippen LogP contribution in [0.25, 0.3) is 0 Å². The highest BCUT2D eigenvalue weighted by atomic mass is 19.1. The van der Waals surface area contributed by atoms with Gasteiger partial charge in [0.15, 0.2) is 11.6 Å². The van der Waals surface area contributed by atoms with Gasteiger partial charge in [0.05, 0.1) is 5.92 Å². The van der Waals surface area contributed by atoms with Crippen molar-refractivity contribution >= 4 is 5.97 Å². The average molecular weight is 266 g/mol. The number of carbonyl (C=O) groups is 1. The molecular weight excluding hydrogens is 247 g/mol. The van der Waals surface area contributed by atoms with Gasteiger partial charge in [-0.25, -0.2) is 4.39 Å². The molecule has 1 aliphatic rings. The molecular formula is C15H19FO3. The van der Waals surface area contributed by atoms with Crippen molar-refractivity contribution in [3.63, 3.8) is 0 Å². The summed E-state index contributed by atoms with van der Waals surface area (Å²) >= 11 is 0. The molecule has 4 heteroatoms. The second-order valence-corrected chi connectivity index (χ2v) is 3.93. The lowest BCUT2D eigenvalue weighted by Crippen LogP contribution is -2.01. The van der Waals surface area contributed by atoms with Gasteiger partial charge >= 0.3 is 5.97 Å². The summed E-state index contributed by atoms with van der Waals surface area (Å²) in [6.45, 7) is 4.00. The highest BCUT2D eigenvalue weighted by Crippen LogP contribution is 2.41. The van der Waals surface area contributed by atoms with Gasteiger partial charge in [0, 0.05) is 0 Å². The molecule has 2 atom stereocenters. The normalized spacial score (nSPS) is 19.2. The summed E-state index contributed by atoms with van der Waals surface area (Å²) in [5, 5.41) is 17.7. The van der Waals surface area contributed by atoms with Gasteiger partial charge in [-0.3, -0.25) is 4.79 Å². The van der Waals surface area contributed by atoms with Gasteiger partial charge in [0.1, 0.15) is 0 Å². The van der Waals surface area contributed by atoms with Gasteiger partial charge in [0.2, 0.25) is 0 Å². The van der Waals surface area contributed by atoms with Gasteiger partial charge in [-0.1, -0.05) is 19.9 Å².